The molecule has 3 rings (SSSR count). The smallest absolute Gasteiger partial charge is 0.321 e. The van der Waals surface area contributed by atoms with Crippen LogP contribution in [0.25, 0.3) is 0 Å². The highest BCUT2D eigenvalue weighted by atomic mass is 35.5. The molecular formula is C20H23ClFN3O. The zero-order valence-corrected chi connectivity index (χ0v) is 15.8. The zero-order valence-electron chi connectivity index (χ0n) is 15.0. The van der Waals surface area contributed by atoms with Crippen LogP contribution in [0.1, 0.15) is 25.3 Å². The van der Waals surface area contributed by atoms with Gasteiger partial charge in [0.2, 0.25) is 0 Å². The van der Waals surface area contributed by atoms with E-state index in [1.807, 2.05) is 0 Å². The summed E-state index contributed by atoms with van der Waals surface area (Å²) in [5, 5.41) is 2.77. The monoisotopic (exact) mass is 375 g/mol. The molecule has 0 saturated carbocycles. The number of hydrogen-bond acceptors (Lipinski definition) is 2. The number of amides is 2. The molecule has 0 spiro atoms. The number of anilines is 2. The normalized spacial score (nSPS) is 14.7. The standard InChI is InChI=1S/C20H23ClFN3O/c1-14(2)15-3-6-17(7-4-15)24-9-11-25(12-10-24)20(26)23-16-5-8-19(22)18(21)13-16/h3-8,13-14H,9-12H2,1-2H3,(H,23,26). The van der Waals surface area contributed by atoms with E-state index in [-0.39, 0.29) is 11.1 Å². The number of nitrogens with one attached hydrogen (secondary N) is 1. The van der Waals surface area contributed by atoms with Gasteiger partial charge in [-0.25, -0.2) is 9.18 Å². The van der Waals surface area contributed by atoms with Gasteiger partial charge in [-0.1, -0.05) is 37.6 Å². The molecule has 138 valence electrons. The van der Waals surface area contributed by atoms with Crippen molar-refractivity contribution in [3.63, 3.8) is 0 Å². The van der Waals surface area contributed by atoms with Crippen molar-refractivity contribution in [2.45, 2.75) is 19.8 Å². The average molecular weight is 376 g/mol. The van der Waals surface area contributed by atoms with Crippen LogP contribution in [0.15, 0.2) is 42.5 Å². The summed E-state index contributed by atoms with van der Waals surface area (Å²) in [4.78, 5) is 16.4. The second-order valence-electron chi connectivity index (χ2n) is 6.78. The molecule has 0 atom stereocenters. The number of rotatable bonds is 3. The van der Waals surface area contributed by atoms with Crippen LogP contribution in [-0.4, -0.2) is 37.1 Å². The first kappa shape index (κ1) is 18.5. The third-order valence-corrected chi connectivity index (χ3v) is 4.95. The quantitative estimate of drug-likeness (QED) is 0.823. The van der Waals surface area contributed by atoms with E-state index in [1.54, 1.807) is 4.90 Å². The molecule has 1 aliphatic heterocycles. The second-order valence-corrected chi connectivity index (χ2v) is 7.19. The van der Waals surface area contributed by atoms with E-state index in [4.69, 9.17) is 11.6 Å². The Balaban J connectivity index is 1.55. The van der Waals surface area contributed by atoms with Gasteiger partial charge < -0.3 is 15.1 Å². The van der Waals surface area contributed by atoms with Gasteiger partial charge in [0.1, 0.15) is 5.82 Å². The minimum absolute atomic E-state index is 0.00235. The van der Waals surface area contributed by atoms with Crippen molar-refractivity contribution in [2.24, 2.45) is 0 Å². The molecular weight excluding hydrogens is 353 g/mol. The topological polar surface area (TPSA) is 35.6 Å². The molecule has 1 N–H and O–H groups in total. The van der Waals surface area contributed by atoms with E-state index in [1.165, 1.54) is 29.4 Å². The number of benzene rings is 2. The van der Waals surface area contributed by atoms with Crippen LogP contribution < -0.4 is 10.2 Å². The molecule has 0 aromatic heterocycles. The molecule has 26 heavy (non-hydrogen) atoms. The fourth-order valence-electron chi connectivity index (χ4n) is 3.01. The van der Waals surface area contributed by atoms with Crippen molar-refractivity contribution in [3.05, 3.63) is 58.9 Å². The van der Waals surface area contributed by atoms with E-state index < -0.39 is 5.82 Å². The van der Waals surface area contributed by atoms with Crippen LogP contribution in [0, 0.1) is 5.82 Å². The van der Waals surface area contributed by atoms with Crippen molar-refractivity contribution in [1.82, 2.24) is 4.90 Å². The third kappa shape index (κ3) is 4.28. The first-order valence-electron chi connectivity index (χ1n) is 8.80. The van der Waals surface area contributed by atoms with E-state index in [0.29, 0.717) is 24.7 Å². The Morgan fingerprint density at radius 2 is 1.73 bits per heavy atom. The van der Waals surface area contributed by atoms with Crippen LogP contribution in [0.2, 0.25) is 5.02 Å². The number of hydrogen-bond donors (Lipinski definition) is 1. The van der Waals surface area contributed by atoms with Crippen LogP contribution in [-0.2, 0) is 0 Å². The van der Waals surface area contributed by atoms with Crippen LogP contribution in [0.3, 0.4) is 0 Å². The molecule has 2 aromatic rings. The van der Waals surface area contributed by atoms with E-state index in [9.17, 15) is 9.18 Å². The maximum Gasteiger partial charge on any atom is 0.321 e. The predicted molar refractivity (Wildman–Crippen MR) is 105 cm³/mol. The largest absolute Gasteiger partial charge is 0.368 e. The van der Waals surface area contributed by atoms with E-state index in [0.717, 1.165) is 13.1 Å². The summed E-state index contributed by atoms with van der Waals surface area (Å²) in [5.41, 5.74) is 3.00. The summed E-state index contributed by atoms with van der Waals surface area (Å²) in [6.07, 6.45) is 0. The third-order valence-electron chi connectivity index (χ3n) is 4.66. The van der Waals surface area contributed by atoms with Gasteiger partial charge in [0.15, 0.2) is 0 Å². The minimum Gasteiger partial charge on any atom is -0.368 e. The van der Waals surface area contributed by atoms with Crippen LogP contribution in [0.4, 0.5) is 20.6 Å². The molecule has 2 aromatic carbocycles. The predicted octanol–water partition coefficient (Wildman–Crippen LogP) is 4.96. The Morgan fingerprint density at radius 3 is 2.31 bits per heavy atom. The molecule has 1 heterocycles. The molecule has 0 bridgehead atoms. The average Bonchev–Trinajstić information content (AvgIpc) is 2.65. The first-order chi connectivity index (χ1) is 12.4. The lowest BCUT2D eigenvalue weighted by atomic mass is 10.0. The SMILES string of the molecule is CC(C)c1ccc(N2CCN(C(=O)Nc3ccc(F)c(Cl)c3)CC2)cc1. The molecule has 4 nitrogen and oxygen atoms in total. The van der Waals surface area contributed by atoms with Gasteiger partial charge >= 0.3 is 6.03 Å². The van der Waals surface area contributed by atoms with Crippen molar-refractivity contribution >= 4 is 29.0 Å². The van der Waals surface area contributed by atoms with Crippen molar-refractivity contribution in [1.29, 1.82) is 0 Å². The molecule has 6 heteroatoms. The second kappa shape index (κ2) is 7.96. The van der Waals surface area contributed by atoms with Gasteiger partial charge in [0.25, 0.3) is 0 Å². The molecule has 0 aliphatic carbocycles. The highest BCUT2D eigenvalue weighted by Gasteiger charge is 2.21. The summed E-state index contributed by atoms with van der Waals surface area (Å²) in [7, 11) is 0. The zero-order chi connectivity index (χ0) is 18.7. The molecule has 1 fully saturated rings. The van der Waals surface area contributed by atoms with Gasteiger partial charge in [0, 0.05) is 37.6 Å². The molecule has 0 radical (unpaired) electrons. The highest BCUT2D eigenvalue weighted by molar-refractivity contribution is 6.31. The van der Waals surface area contributed by atoms with Crippen LogP contribution in [0.5, 0.6) is 0 Å². The summed E-state index contributed by atoms with van der Waals surface area (Å²) in [6.45, 7) is 7.18. The van der Waals surface area contributed by atoms with Crippen molar-refractivity contribution < 1.29 is 9.18 Å². The molecule has 0 unspecified atom stereocenters. The lowest BCUT2D eigenvalue weighted by Crippen LogP contribution is -2.50. The summed E-state index contributed by atoms with van der Waals surface area (Å²) >= 11 is 5.75. The lowest BCUT2D eigenvalue weighted by molar-refractivity contribution is 0.208. The number of carbonyl (C=O) groups is 1. The van der Waals surface area contributed by atoms with Gasteiger partial charge in [-0.3, -0.25) is 0 Å². The fraction of sp³-hybridized carbons (Fsp3) is 0.350. The van der Waals surface area contributed by atoms with Gasteiger partial charge in [-0.05, 0) is 41.8 Å². The maximum atomic E-state index is 13.2. The number of urea groups is 1. The number of carbonyl (C=O) groups excluding carboxylic acids is 1. The van der Waals surface area contributed by atoms with Crippen molar-refractivity contribution in [3.8, 4) is 0 Å². The number of halogens is 2. The van der Waals surface area contributed by atoms with E-state index >= 15 is 0 Å². The lowest BCUT2D eigenvalue weighted by Gasteiger charge is -2.36. The fourth-order valence-corrected chi connectivity index (χ4v) is 3.19. The van der Waals surface area contributed by atoms with Crippen LogP contribution >= 0.6 is 11.6 Å². The summed E-state index contributed by atoms with van der Waals surface area (Å²) in [6, 6.07) is 12.6. The Kier molecular flexibility index (Phi) is 5.67. The summed E-state index contributed by atoms with van der Waals surface area (Å²) < 4.78 is 13.2. The first-order valence-corrected chi connectivity index (χ1v) is 9.17. The number of nitrogens with zero attached hydrogens (tertiary/aromatic N) is 2. The molecule has 1 saturated heterocycles. The highest BCUT2D eigenvalue weighted by Crippen LogP contribution is 2.22. The Bertz CT molecular complexity index is 771. The Hall–Kier alpha value is -2.27. The maximum absolute atomic E-state index is 13.2. The van der Waals surface area contributed by atoms with E-state index in [2.05, 4.69) is 48.3 Å². The van der Waals surface area contributed by atoms with Crippen molar-refractivity contribution in [2.75, 3.05) is 36.4 Å². The summed E-state index contributed by atoms with van der Waals surface area (Å²) in [5.74, 6) is 0.0197. The Morgan fingerprint density at radius 1 is 1.08 bits per heavy atom. The molecule has 1 aliphatic rings. The van der Waals surface area contributed by atoms with Gasteiger partial charge in [-0.15, -0.1) is 0 Å². The van der Waals surface area contributed by atoms with Gasteiger partial charge in [0.05, 0.1) is 5.02 Å². The molecule has 2 amide bonds. The number of piperazine rings is 1. The minimum atomic E-state index is -0.498. The Labute approximate surface area is 158 Å². The van der Waals surface area contributed by atoms with Gasteiger partial charge in [-0.2, -0.15) is 0 Å².